The molecule has 1 aromatic rings. The normalized spacial score (nSPS) is 12.4. The number of hydrogen-bond donors (Lipinski definition) is 2. The first kappa shape index (κ1) is 16.9. The third-order valence-electron chi connectivity index (χ3n) is 2.84. The van der Waals surface area contributed by atoms with Crippen LogP contribution in [0.3, 0.4) is 0 Å². The van der Waals surface area contributed by atoms with Crippen molar-refractivity contribution >= 4 is 27.6 Å². The van der Waals surface area contributed by atoms with E-state index in [1.165, 1.54) is 0 Å². The van der Waals surface area contributed by atoms with Crippen molar-refractivity contribution in [2.45, 2.75) is 37.6 Å². The van der Waals surface area contributed by atoms with E-state index < -0.39 is 42.8 Å². The van der Waals surface area contributed by atoms with Gasteiger partial charge in [0.25, 0.3) is 0 Å². The summed E-state index contributed by atoms with van der Waals surface area (Å²) in [5.41, 5.74) is -1.33. The molecule has 20 heavy (non-hydrogen) atoms. The molecule has 2 N–H and O–H groups in total. The van der Waals surface area contributed by atoms with Gasteiger partial charge in [-0.2, -0.15) is 0 Å². The molecular formula is C12H15ClFNO4S. The van der Waals surface area contributed by atoms with Gasteiger partial charge in [-0.25, -0.2) is 22.3 Å². The van der Waals surface area contributed by atoms with Gasteiger partial charge in [0.1, 0.15) is 5.82 Å². The Kier molecular flexibility index (Phi) is 4.78. The van der Waals surface area contributed by atoms with Crippen LogP contribution in [0.2, 0.25) is 5.02 Å². The maximum atomic E-state index is 13.6. The van der Waals surface area contributed by atoms with Crippen LogP contribution in [-0.2, 0) is 10.0 Å². The Morgan fingerprint density at radius 1 is 1.45 bits per heavy atom. The summed E-state index contributed by atoms with van der Waals surface area (Å²) in [6.07, 6.45) is 0.508. The molecule has 0 unspecified atom stereocenters. The van der Waals surface area contributed by atoms with Crippen LogP contribution in [0.25, 0.3) is 0 Å². The SMILES string of the molecule is CCC(C)(C)NS(=O)(=O)c1cc(F)c(Cl)c(C(=O)O)c1. The smallest absolute Gasteiger partial charge is 0.337 e. The van der Waals surface area contributed by atoms with Gasteiger partial charge < -0.3 is 5.11 Å². The lowest BCUT2D eigenvalue weighted by Crippen LogP contribution is -2.42. The first-order valence-corrected chi connectivity index (χ1v) is 7.62. The van der Waals surface area contributed by atoms with Crippen LogP contribution in [-0.4, -0.2) is 25.0 Å². The number of carboxylic acids is 1. The van der Waals surface area contributed by atoms with Crippen molar-refractivity contribution < 1.29 is 22.7 Å². The molecule has 0 aliphatic heterocycles. The molecular weight excluding hydrogens is 309 g/mol. The molecule has 0 saturated heterocycles. The molecule has 0 spiro atoms. The van der Waals surface area contributed by atoms with E-state index in [1.54, 1.807) is 20.8 Å². The summed E-state index contributed by atoms with van der Waals surface area (Å²) in [5.74, 6) is -2.60. The van der Waals surface area contributed by atoms with Gasteiger partial charge in [0, 0.05) is 5.54 Å². The number of sulfonamides is 1. The topological polar surface area (TPSA) is 83.5 Å². The Hall–Kier alpha value is -1.18. The van der Waals surface area contributed by atoms with Gasteiger partial charge >= 0.3 is 5.97 Å². The molecule has 0 aromatic heterocycles. The van der Waals surface area contributed by atoms with Gasteiger partial charge in [0.05, 0.1) is 15.5 Å². The largest absolute Gasteiger partial charge is 0.478 e. The van der Waals surface area contributed by atoms with E-state index in [0.29, 0.717) is 12.5 Å². The fourth-order valence-electron chi connectivity index (χ4n) is 1.37. The zero-order valence-corrected chi connectivity index (χ0v) is 12.8. The summed E-state index contributed by atoms with van der Waals surface area (Å²) in [5, 5.41) is 8.27. The van der Waals surface area contributed by atoms with E-state index >= 15 is 0 Å². The lowest BCUT2D eigenvalue weighted by molar-refractivity contribution is 0.0696. The fraction of sp³-hybridized carbons (Fsp3) is 0.417. The predicted octanol–water partition coefficient (Wildman–Crippen LogP) is 2.64. The van der Waals surface area contributed by atoms with Crippen molar-refractivity contribution in [3.63, 3.8) is 0 Å². The Morgan fingerprint density at radius 3 is 2.45 bits per heavy atom. The monoisotopic (exact) mass is 323 g/mol. The first-order valence-electron chi connectivity index (χ1n) is 5.76. The molecule has 0 aliphatic carbocycles. The number of rotatable bonds is 5. The van der Waals surface area contributed by atoms with Gasteiger partial charge in [0.15, 0.2) is 0 Å². The van der Waals surface area contributed by atoms with Crippen LogP contribution >= 0.6 is 11.6 Å². The van der Waals surface area contributed by atoms with Crippen molar-refractivity contribution in [1.29, 1.82) is 0 Å². The highest BCUT2D eigenvalue weighted by molar-refractivity contribution is 7.89. The molecule has 0 amide bonds. The highest BCUT2D eigenvalue weighted by Crippen LogP contribution is 2.25. The summed E-state index contributed by atoms with van der Waals surface area (Å²) in [4.78, 5) is 10.5. The molecule has 0 saturated carbocycles. The summed E-state index contributed by atoms with van der Waals surface area (Å²) in [6, 6.07) is 1.53. The van der Waals surface area contributed by atoms with Crippen LogP contribution in [0.5, 0.6) is 0 Å². The third kappa shape index (κ3) is 3.68. The maximum absolute atomic E-state index is 13.6. The highest BCUT2D eigenvalue weighted by Gasteiger charge is 2.27. The molecule has 0 atom stereocenters. The second kappa shape index (κ2) is 5.67. The van der Waals surface area contributed by atoms with Gasteiger partial charge in [-0.15, -0.1) is 0 Å². The molecule has 0 bridgehead atoms. The van der Waals surface area contributed by atoms with Crippen LogP contribution in [0.1, 0.15) is 37.6 Å². The predicted molar refractivity (Wildman–Crippen MR) is 73.1 cm³/mol. The standard InChI is InChI=1S/C12H15ClFNO4S/c1-4-12(2,3)15-20(18,19)7-5-8(11(16)17)10(13)9(14)6-7/h5-6,15H,4H2,1-3H3,(H,16,17). The highest BCUT2D eigenvalue weighted by atomic mass is 35.5. The van der Waals surface area contributed by atoms with E-state index in [-0.39, 0.29) is 0 Å². The number of carbonyl (C=O) groups is 1. The number of aromatic carboxylic acids is 1. The summed E-state index contributed by atoms with van der Waals surface area (Å²) in [7, 11) is -4.04. The number of nitrogens with one attached hydrogen (secondary N) is 1. The molecule has 1 aromatic carbocycles. The zero-order valence-electron chi connectivity index (χ0n) is 11.2. The van der Waals surface area contributed by atoms with E-state index in [1.807, 2.05) is 0 Å². The van der Waals surface area contributed by atoms with E-state index in [0.717, 1.165) is 6.07 Å². The Balaban J connectivity index is 3.37. The van der Waals surface area contributed by atoms with Gasteiger partial charge in [-0.3, -0.25) is 0 Å². The Morgan fingerprint density at radius 2 is 2.00 bits per heavy atom. The maximum Gasteiger partial charge on any atom is 0.337 e. The molecule has 0 heterocycles. The third-order valence-corrected chi connectivity index (χ3v) is 4.90. The summed E-state index contributed by atoms with van der Waals surface area (Å²) >= 11 is 5.50. The van der Waals surface area contributed by atoms with Crippen LogP contribution in [0.4, 0.5) is 4.39 Å². The van der Waals surface area contributed by atoms with Gasteiger partial charge in [-0.1, -0.05) is 18.5 Å². The van der Waals surface area contributed by atoms with Crippen molar-refractivity contribution in [3.05, 3.63) is 28.5 Å². The Bertz CT molecular complexity index is 643. The van der Waals surface area contributed by atoms with Crippen molar-refractivity contribution in [2.75, 3.05) is 0 Å². The van der Waals surface area contributed by atoms with Gasteiger partial charge in [0.2, 0.25) is 10.0 Å². The number of hydrogen-bond acceptors (Lipinski definition) is 3. The van der Waals surface area contributed by atoms with E-state index in [4.69, 9.17) is 16.7 Å². The molecule has 112 valence electrons. The molecule has 8 heteroatoms. The van der Waals surface area contributed by atoms with E-state index in [2.05, 4.69) is 4.72 Å². The molecule has 0 radical (unpaired) electrons. The zero-order chi connectivity index (χ0) is 15.7. The van der Waals surface area contributed by atoms with Crippen LogP contribution in [0.15, 0.2) is 17.0 Å². The van der Waals surface area contributed by atoms with Crippen molar-refractivity contribution in [2.24, 2.45) is 0 Å². The first-order chi connectivity index (χ1) is 9.00. The van der Waals surface area contributed by atoms with Crippen molar-refractivity contribution in [1.82, 2.24) is 4.72 Å². The average molecular weight is 324 g/mol. The lowest BCUT2D eigenvalue weighted by atomic mass is 10.0. The van der Waals surface area contributed by atoms with Gasteiger partial charge in [-0.05, 0) is 32.4 Å². The molecule has 0 aliphatic rings. The number of benzene rings is 1. The average Bonchev–Trinajstić information content (AvgIpc) is 2.30. The van der Waals surface area contributed by atoms with Crippen molar-refractivity contribution in [3.8, 4) is 0 Å². The minimum atomic E-state index is -4.04. The molecule has 5 nitrogen and oxygen atoms in total. The second-order valence-corrected chi connectivity index (χ2v) is 6.98. The van der Waals surface area contributed by atoms with Crippen LogP contribution < -0.4 is 4.72 Å². The number of carboxylic acid groups (broad SMARTS) is 1. The minimum Gasteiger partial charge on any atom is -0.478 e. The number of halogens is 2. The minimum absolute atomic E-state index is 0.474. The van der Waals surface area contributed by atoms with Crippen LogP contribution in [0, 0.1) is 5.82 Å². The Labute approximate surface area is 121 Å². The summed E-state index contributed by atoms with van der Waals surface area (Å²) < 4.78 is 40.2. The summed E-state index contributed by atoms with van der Waals surface area (Å²) in [6.45, 7) is 5.11. The van der Waals surface area contributed by atoms with E-state index in [9.17, 15) is 17.6 Å². The molecule has 0 fully saturated rings. The molecule has 1 rings (SSSR count). The fourth-order valence-corrected chi connectivity index (χ4v) is 3.08. The quantitative estimate of drug-likeness (QED) is 0.872. The second-order valence-electron chi connectivity index (χ2n) is 4.91. The lowest BCUT2D eigenvalue weighted by Gasteiger charge is -2.24.